The van der Waals surface area contributed by atoms with Crippen LogP contribution in [-0.4, -0.2) is 46.3 Å². The second-order valence-corrected chi connectivity index (χ2v) is 6.73. The van der Waals surface area contributed by atoms with E-state index in [4.69, 9.17) is 0 Å². The van der Waals surface area contributed by atoms with Crippen molar-refractivity contribution in [3.05, 3.63) is 18.0 Å². The topological polar surface area (TPSA) is 79.3 Å². The number of carbonyl (C=O) groups excluding carboxylic acids is 2. The molecule has 1 spiro atoms. The van der Waals surface area contributed by atoms with Gasteiger partial charge in [-0.05, 0) is 30.7 Å². The molecule has 2 fully saturated rings. The molecule has 0 radical (unpaired) electrons. The Balaban J connectivity index is 1.57. The van der Waals surface area contributed by atoms with Crippen LogP contribution in [0.2, 0.25) is 0 Å². The predicted molar refractivity (Wildman–Crippen MR) is 85.6 cm³/mol. The smallest absolute Gasteiger partial charge is 0.317 e. The molecule has 3 amide bonds. The number of amides is 3. The van der Waals surface area contributed by atoms with Gasteiger partial charge < -0.3 is 15.5 Å². The maximum absolute atomic E-state index is 12.5. The maximum Gasteiger partial charge on any atom is 0.317 e. The minimum atomic E-state index is -0.0272. The van der Waals surface area contributed by atoms with E-state index in [1.54, 1.807) is 10.9 Å². The van der Waals surface area contributed by atoms with Crippen molar-refractivity contribution in [1.82, 2.24) is 25.3 Å². The first-order valence-electron chi connectivity index (χ1n) is 8.33. The van der Waals surface area contributed by atoms with Gasteiger partial charge in [0.15, 0.2) is 0 Å². The quantitative estimate of drug-likeness (QED) is 0.878. The van der Waals surface area contributed by atoms with E-state index < -0.39 is 0 Å². The van der Waals surface area contributed by atoms with Gasteiger partial charge in [-0.1, -0.05) is 6.92 Å². The molecule has 126 valence electrons. The molecule has 2 saturated heterocycles. The predicted octanol–water partition coefficient (Wildman–Crippen LogP) is 1.18. The molecule has 3 heterocycles. The minimum absolute atomic E-state index is 0.0230. The fourth-order valence-corrected chi connectivity index (χ4v) is 3.64. The Bertz CT molecular complexity index is 589. The highest BCUT2D eigenvalue weighted by atomic mass is 16.2. The number of aromatic nitrogens is 2. The van der Waals surface area contributed by atoms with Crippen LogP contribution in [0.3, 0.4) is 0 Å². The number of piperidine rings is 1. The van der Waals surface area contributed by atoms with E-state index in [1.807, 2.05) is 18.0 Å². The SMILES string of the molecule is CCC(NC(=O)N1CCC2(CC1)CNC(=O)C2)c1ccnn1C. The standard InChI is InChI=1S/C16H25N5O2/c1-3-12(13-4-7-18-20(13)2)19-15(23)21-8-5-16(6-9-21)10-14(22)17-11-16/h4,7,12H,3,5-6,8-11H2,1-2H3,(H,17,22)(H,19,23). The molecule has 2 N–H and O–H groups in total. The number of nitrogens with zero attached hydrogens (tertiary/aromatic N) is 3. The zero-order valence-electron chi connectivity index (χ0n) is 13.8. The van der Waals surface area contributed by atoms with Gasteiger partial charge in [0, 0.05) is 39.3 Å². The normalized spacial score (nSPS) is 21.3. The lowest BCUT2D eigenvalue weighted by atomic mass is 9.78. The first kappa shape index (κ1) is 15.8. The number of urea groups is 1. The van der Waals surface area contributed by atoms with Crippen LogP contribution in [0.4, 0.5) is 4.79 Å². The lowest BCUT2D eigenvalue weighted by Gasteiger charge is -2.38. The lowest BCUT2D eigenvalue weighted by Crippen LogP contribution is -2.48. The van der Waals surface area contributed by atoms with Crippen LogP contribution in [-0.2, 0) is 11.8 Å². The summed E-state index contributed by atoms with van der Waals surface area (Å²) in [6.45, 7) is 4.23. The molecule has 7 nitrogen and oxygen atoms in total. The van der Waals surface area contributed by atoms with Gasteiger partial charge in [0.25, 0.3) is 0 Å². The molecule has 0 aliphatic carbocycles. The Morgan fingerprint density at radius 2 is 2.22 bits per heavy atom. The molecule has 0 bridgehead atoms. The Hall–Kier alpha value is -2.05. The summed E-state index contributed by atoms with van der Waals surface area (Å²) in [6, 6.07) is 1.89. The summed E-state index contributed by atoms with van der Waals surface area (Å²) in [5.41, 5.74) is 1.08. The van der Waals surface area contributed by atoms with Crippen molar-refractivity contribution in [3.8, 4) is 0 Å². The zero-order valence-corrected chi connectivity index (χ0v) is 13.8. The summed E-state index contributed by atoms with van der Waals surface area (Å²) in [7, 11) is 1.89. The monoisotopic (exact) mass is 319 g/mol. The third kappa shape index (κ3) is 3.18. The number of aryl methyl sites for hydroxylation is 1. The molecule has 0 aromatic carbocycles. The Kier molecular flexibility index (Phi) is 4.28. The molecule has 23 heavy (non-hydrogen) atoms. The van der Waals surface area contributed by atoms with Crippen molar-refractivity contribution in [2.75, 3.05) is 19.6 Å². The summed E-state index contributed by atoms with van der Waals surface area (Å²) in [5.74, 6) is 0.144. The lowest BCUT2D eigenvalue weighted by molar-refractivity contribution is -0.119. The van der Waals surface area contributed by atoms with Gasteiger partial charge in [-0.2, -0.15) is 5.10 Å². The minimum Gasteiger partial charge on any atom is -0.356 e. The molecule has 1 aromatic rings. The summed E-state index contributed by atoms with van der Waals surface area (Å²) in [5, 5.41) is 10.2. The number of rotatable bonds is 3. The summed E-state index contributed by atoms with van der Waals surface area (Å²) >= 11 is 0. The number of hydrogen-bond donors (Lipinski definition) is 2. The van der Waals surface area contributed by atoms with Gasteiger partial charge in [-0.3, -0.25) is 9.48 Å². The van der Waals surface area contributed by atoms with Crippen LogP contribution in [0.1, 0.15) is 44.3 Å². The molecular weight excluding hydrogens is 294 g/mol. The Labute approximate surface area is 136 Å². The average molecular weight is 319 g/mol. The van der Waals surface area contributed by atoms with Gasteiger partial charge in [-0.25, -0.2) is 4.79 Å². The third-order valence-corrected chi connectivity index (χ3v) is 5.23. The fourth-order valence-electron chi connectivity index (χ4n) is 3.64. The first-order valence-corrected chi connectivity index (χ1v) is 8.33. The van der Waals surface area contributed by atoms with E-state index in [-0.39, 0.29) is 23.4 Å². The fraction of sp³-hybridized carbons (Fsp3) is 0.688. The van der Waals surface area contributed by atoms with Crippen molar-refractivity contribution < 1.29 is 9.59 Å². The van der Waals surface area contributed by atoms with E-state index >= 15 is 0 Å². The molecule has 7 heteroatoms. The first-order chi connectivity index (χ1) is 11.0. The van der Waals surface area contributed by atoms with Crippen LogP contribution in [0.15, 0.2) is 12.3 Å². The van der Waals surface area contributed by atoms with E-state index in [2.05, 4.69) is 22.7 Å². The van der Waals surface area contributed by atoms with Gasteiger partial charge in [0.1, 0.15) is 0 Å². The maximum atomic E-state index is 12.5. The average Bonchev–Trinajstić information content (AvgIpc) is 3.12. The molecular formula is C16H25N5O2. The molecule has 2 aliphatic heterocycles. The number of likely N-dealkylation sites (tertiary alicyclic amines) is 1. The van der Waals surface area contributed by atoms with Crippen molar-refractivity contribution in [2.24, 2.45) is 12.5 Å². The second kappa shape index (κ2) is 6.22. The van der Waals surface area contributed by atoms with Crippen molar-refractivity contribution in [2.45, 2.75) is 38.6 Å². The molecule has 3 rings (SSSR count). The highest BCUT2D eigenvalue weighted by Gasteiger charge is 2.41. The summed E-state index contributed by atoms with van der Waals surface area (Å²) in [6.07, 6.45) is 4.96. The zero-order chi connectivity index (χ0) is 16.4. The molecule has 1 unspecified atom stereocenters. The molecule has 1 atom stereocenters. The van der Waals surface area contributed by atoms with Crippen LogP contribution in [0, 0.1) is 5.41 Å². The highest BCUT2D eigenvalue weighted by Crippen LogP contribution is 2.37. The van der Waals surface area contributed by atoms with Crippen molar-refractivity contribution >= 4 is 11.9 Å². The van der Waals surface area contributed by atoms with Crippen LogP contribution >= 0.6 is 0 Å². The Morgan fingerprint density at radius 3 is 2.74 bits per heavy atom. The highest BCUT2D eigenvalue weighted by molar-refractivity contribution is 5.79. The van der Waals surface area contributed by atoms with Gasteiger partial charge in [0.05, 0.1) is 11.7 Å². The number of nitrogens with one attached hydrogen (secondary N) is 2. The summed E-state index contributed by atoms with van der Waals surface area (Å²) < 4.78 is 1.80. The van der Waals surface area contributed by atoms with E-state index in [1.165, 1.54) is 0 Å². The van der Waals surface area contributed by atoms with Crippen LogP contribution in [0.25, 0.3) is 0 Å². The summed E-state index contributed by atoms with van der Waals surface area (Å²) in [4.78, 5) is 25.9. The van der Waals surface area contributed by atoms with E-state index in [9.17, 15) is 9.59 Å². The Morgan fingerprint density at radius 1 is 1.48 bits per heavy atom. The van der Waals surface area contributed by atoms with Gasteiger partial charge in [0.2, 0.25) is 5.91 Å². The number of hydrogen-bond acceptors (Lipinski definition) is 3. The molecule has 1 aromatic heterocycles. The van der Waals surface area contributed by atoms with Crippen molar-refractivity contribution in [1.29, 1.82) is 0 Å². The van der Waals surface area contributed by atoms with E-state index in [0.717, 1.165) is 31.5 Å². The molecule has 2 aliphatic rings. The third-order valence-electron chi connectivity index (χ3n) is 5.23. The van der Waals surface area contributed by atoms with Crippen molar-refractivity contribution in [3.63, 3.8) is 0 Å². The largest absolute Gasteiger partial charge is 0.356 e. The molecule has 0 saturated carbocycles. The number of carbonyl (C=O) groups is 2. The van der Waals surface area contributed by atoms with Gasteiger partial charge in [-0.15, -0.1) is 0 Å². The van der Waals surface area contributed by atoms with Crippen LogP contribution < -0.4 is 10.6 Å². The van der Waals surface area contributed by atoms with E-state index in [0.29, 0.717) is 19.5 Å². The van der Waals surface area contributed by atoms with Crippen LogP contribution in [0.5, 0.6) is 0 Å². The van der Waals surface area contributed by atoms with Gasteiger partial charge >= 0.3 is 6.03 Å². The second-order valence-electron chi connectivity index (χ2n) is 6.73.